The predicted molar refractivity (Wildman–Crippen MR) is 132 cm³/mol. The number of nitrogens with two attached hydrogens (primary N) is 1. The number of ether oxygens (including phenoxy) is 3. The Labute approximate surface area is 203 Å². The van der Waals surface area contributed by atoms with Crippen molar-refractivity contribution in [2.45, 2.75) is 57.2 Å². The van der Waals surface area contributed by atoms with Crippen molar-refractivity contribution >= 4 is 17.6 Å². The Hall–Kier alpha value is -2.16. The van der Waals surface area contributed by atoms with Gasteiger partial charge in [0.15, 0.2) is 5.96 Å². The molecule has 8 nitrogen and oxygen atoms in total. The van der Waals surface area contributed by atoms with Crippen LogP contribution in [0.4, 0.5) is 5.69 Å². The molecule has 2 aliphatic carbocycles. The van der Waals surface area contributed by atoms with Crippen LogP contribution in [0.1, 0.15) is 49.7 Å². The summed E-state index contributed by atoms with van der Waals surface area (Å²) in [7, 11) is 5.83. The number of rotatable bonds is 6. The smallest absolute Gasteiger partial charge is 0.237 e. The second-order valence-corrected chi connectivity index (χ2v) is 10.3. The van der Waals surface area contributed by atoms with E-state index in [0.29, 0.717) is 25.7 Å². The number of anilines is 1. The van der Waals surface area contributed by atoms with Crippen LogP contribution in [0.2, 0.25) is 0 Å². The van der Waals surface area contributed by atoms with Gasteiger partial charge in [0.25, 0.3) is 0 Å². The van der Waals surface area contributed by atoms with Crippen LogP contribution < -0.4 is 10.6 Å². The van der Waals surface area contributed by atoms with Gasteiger partial charge in [0.1, 0.15) is 0 Å². The molecule has 1 saturated heterocycles. The predicted octanol–water partition coefficient (Wildman–Crippen LogP) is 2.74. The standard InChI is InChI=1S/C26H40N4O4/c1-5-17-13-26(9-8-22(17)32-4)14-18-6-7-19(29(2)3)12-21(18)23(26)24(31)30(25(27)28)15-20-16-33-10-11-34-20/h6-7,12,17,20,22-23H,5,8-11,13-16H2,1-4H3,(H3,27,28)/t17-,20+,22-,23+,26-/m1/s1. The van der Waals surface area contributed by atoms with Crippen molar-refractivity contribution in [3.8, 4) is 0 Å². The molecule has 0 aromatic heterocycles. The van der Waals surface area contributed by atoms with E-state index >= 15 is 0 Å². The van der Waals surface area contributed by atoms with Crippen molar-refractivity contribution in [3.63, 3.8) is 0 Å². The Balaban J connectivity index is 1.72. The van der Waals surface area contributed by atoms with Gasteiger partial charge in [-0.2, -0.15) is 0 Å². The maximum Gasteiger partial charge on any atom is 0.237 e. The van der Waals surface area contributed by atoms with Gasteiger partial charge in [0, 0.05) is 26.9 Å². The maximum atomic E-state index is 14.3. The quantitative estimate of drug-likeness (QED) is 0.488. The normalized spacial score (nSPS) is 30.7. The molecular formula is C26H40N4O4. The van der Waals surface area contributed by atoms with E-state index in [9.17, 15) is 4.79 Å². The van der Waals surface area contributed by atoms with E-state index in [-0.39, 0.29) is 42.0 Å². The highest BCUT2D eigenvalue weighted by Crippen LogP contribution is 2.58. The summed E-state index contributed by atoms with van der Waals surface area (Å²) in [6.07, 6.45) is 4.62. The van der Waals surface area contributed by atoms with Crippen molar-refractivity contribution in [2.75, 3.05) is 52.5 Å². The summed E-state index contributed by atoms with van der Waals surface area (Å²) in [6, 6.07) is 6.47. The van der Waals surface area contributed by atoms with Crippen LogP contribution >= 0.6 is 0 Å². The fraction of sp³-hybridized carbons (Fsp3) is 0.692. The van der Waals surface area contributed by atoms with E-state index in [1.165, 1.54) is 10.5 Å². The highest BCUT2D eigenvalue weighted by molar-refractivity contribution is 5.99. The molecule has 5 atom stereocenters. The number of carbonyl (C=O) groups excluding carboxylic acids is 1. The molecular weight excluding hydrogens is 432 g/mol. The number of carbonyl (C=O) groups is 1. The molecule has 0 unspecified atom stereocenters. The van der Waals surface area contributed by atoms with Gasteiger partial charge in [-0.3, -0.25) is 15.1 Å². The third-order valence-corrected chi connectivity index (χ3v) is 8.14. The van der Waals surface area contributed by atoms with Gasteiger partial charge in [0.2, 0.25) is 5.91 Å². The van der Waals surface area contributed by atoms with Gasteiger partial charge in [-0.1, -0.05) is 19.4 Å². The van der Waals surface area contributed by atoms with Crippen molar-refractivity contribution < 1.29 is 19.0 Å². The number of hydrogen-bond acceptors (Lipinski definition) is 6. The van der Waals surface area contributed by atoms with Gasteiger partial charge in [-0.25, -0.2) is 0 Å². The Kier molecular flexibility index (Phi) is 7.50. The van der Waals surface area contributed by atoms with Gasteiger partial charge in [0.05, 0.1) is 44.5 Å². The Morgan fingerprint density at radius 2 is 2.12 bits per heavy atom. The second-order valence-electron chi connectivity index (χ2n) is 10.3. The van der Waals surface area contributed by atoms with Gasteiger partial charge in [-0.15, -0.1) is 0 Å². The first-order chi connectivity index (χ1) is 16.3. The summed E-state index contributed by atoms with van der Waals surface area (Å²) in [4.78, 5) is 17.8. The van der Waals surface area contributed by atoms with E-state index in [1.807, 2.05) is 14.1 Å². The van der Waals surface area contributed by atoms with E-state index in [1.54, 1.807) is 7.11 Å². The molecule has 4 rings (SSSR count). The van der Waals surface area contributed by atoms with Gasteiger partial charge >= 0.3 is 0 Å². The van der Waals surface area contributed by atoms with E-state index in [2.05, 4.69) is 30.0 Å². The topological polar surface area (TPSA) is 101 Å². The largest absolute Gasteiger partial charge is 0.381 e. The zero-order valence-electron chi connectivity index (χ0n) is 21.0. The van der Waals surface area contributed by atoms with E-state index in [0.717, 1.165) is 43.4 Å². The van der Waals surface area contributed by atoms with Crippen LogP contribution in [0.3, 0.4) is 0 Å². The lowest BCUT2D eigenvalue weighted by Gasteiger charge is -2.46. The molecule has 1 amide bonds. The lowest BCUT2D eigenvalue weighted by molar-refractivity contribution is -0.139. The number of amides is 1. The molecule has 1 aromatic rings. The van der Waals surface area contributed by atoms with Crippen LogP contribution in [0.25, 0.3) is 0 Å². The molecule has 1 aliphatic heterocycles. The number of fused-ring (bicyclic) bond motifs is 1. The highest BCUT2D eigenvalue weighted by Gasteiger charge is 2.54. The minimum atomic E-state index is -0.345. The van der Waals surface area contributed by atoms with Crippen LogP contribution in [0.5, 0.6) is 0 Å². The van der Waals surface area contributed by atoms with Crippen molar-refractivity contribution in [1.82, 2.24) is 4.90 Å². The third-order valence-electron chi connectivity index (χ3n) is 8.14. The second kappa shape index (κ2) is 10.2. The fourth-order valence-corrected chi connectivity index (χ4v) is 6.37. The number of benzene rings is 1. The fourth-order valence-electron chi connectivity index (χ4n) is 6.37. The van der Waals surface area contributed by atoms with Crippen LogP contribution in [-0.4, -0.2) is 76.5 Å². The zero-order chi connectivity index (χ0) is 24.5. The maximum absolute atomic E-state index is 14.3. The molecule has 8 heteroatoms. The monoisotopic (exact) mass is 472 g/mol. The number of hydrogen-bond donors (Lipinski definition) is 2. The number of nitrogens with one attached hydrogen (secondary N) is 1. The van der Waals surface area contributed by atoms with E-state index in [4.69, 9.17) is 25.4 Å². The molecule has 0 bridgehead atoms. The summed E-state index contributed by atoms with van der Waals surface area (Å²) in [5.41, 5.74) is 9.19. The average Bonchev–Trinajstić information content (AvgIpc) is 3.14. The van der Waals surface area contributed by atoms with Crippen molar-refractivity contribution in [3.05, 3.63) is 29.3 Å². The molecule has 1 spiro atoms. The lowest BCUT2D eigenvalue weighted by atomic mass is 9.61. The summed E-state index contributed by atoms with van der Waals surface area (Å²) in [5.74, 6) is -0.272. The summed E-state index contributed by atoms with van der Waals surface area (Å²) in [5, 5.41) is 8.26. The first-order valence-corrected chi connectivity index (χ1v) is 12.5. The number of nitrogens with zero attached hydrogens (tertiary/aromatic N) is 2. The van der Waals surface area contributed by atoms with E-state index < -0.39 is 0 Å². The molecule has 2 fully saturated rings. The zero-order valence-corrected chi connectivity index (χ0v) is 21.0. The van der Waals surface area contributed by atoms with Crippen LogP contribution in [-0.2, 0) is 25.4 Å². The molecule has 1 aromatic carbocycles. The molecule has 1 heterocycles. The Morgan fingerprint density at radius 3 is 2.74 bits per heavy atom. The molecule has 3 N–H and O–H groups in total. The van der Waals surface area contributed by atoms with Crippen molar-refractivity contribution in [1.29, 1.82) is 5.41 Å². The molecule has 1 saturated carbocycles. The van der Waals surface area contributed by atoms with Gasteiger partial charge in [-0.05, 0) is 60.3 Å². The number of methoxy groups -OCH3 is 1. The first kappa shape index (κ1) is 24.9. The average molecular weight is 473 g/mol. The van der Waals surface area contributed by atoms with Crippen LogP contribution in [0, 0.1) is 16.7 Å². The minimum Gasteiger partial charge on any atom is -0.381 e. The summed E-state index contributed by atoms with van der Waals surface area (Å²) >= 11 is 0. The first-order valence-electron chi connectivity index (χ1n) is 12.5. The van der Waals surface area contributed by atoms with Crippen molar-refractivity contribution in [2.24, 2.45) is 17.1 Å². The summed E-state index contributed by atoms with van der Waals surface area (Å²) < 4.78 is 17.2. The Morgan fingerprint density at radius 1 is 1.32 bits per heavy atom. The molecule has 188 valence electrons. The molecule has 0 radical (unpaired) electrons. The highest BCUT2D eigenvalue weighted by atomic mass is 16.6. The van der Waals surface area contributed by atoms with Crippen LogP contribution in [0.15, 0.2) is 18.2 Å². The third kappa shape index (κ3) is 4.68. The van der Waals surface area contributed by atoms with Gasteiger partial charge < -0.3 is 24.8 Å². The Bertz CT molecular complexity index is 901. The minimum absolute atomic E-state index is 0.0953. The SMILES string of the molecule is CC[C@@H]1C[C@]2(CC[C@H]1OC)Cc1ccc(N(C)C)cc1[C@H]2C(=O)N(C[C@H]1COCCO1)C(=N)N. The number of guanidine groups is 1. The lowest BCUT2D eigenvalue weighted by Crippen LogP contribution is -2.52. The summed E-state index contributed by atoms with van der Waals surface area (Å²) in [6.45, 7) is 3.89. The molecule has 34 heavy (non-hydrogen) atoms. The molecule has 3 aliphatic rings.